The molecule has 1 heterocycles. The summed E-state index contributed by atoms with van der Waals surface area (Å²) in [5, 5.41) is 10.3. The summed E-state index contributed by atoms with van der Waals surface area (Å²) in [7, 11) is 0. The molecule has 1 N–H and O–H groups in total. The van der Waals surface area contributed by atoms with Crippen LogP contribution in [0.2, 0.25) is 0 Å². The second-order valence-electron chi connectivity index (χ2n) is 6.10. The van der Waals surface area contributed by atoms with E-state index in [-0.39, 0.29) is 11.7 Å². The Kier molecular flexibility index (Phi) is 2.94. The lowest BCUT2D eigenvalue weighted by molar-refractivity contribution is -0.108. The van der Waals surface area contributed by atoms with Gasteiger partial charge in [0.1, 0.15) is 11.4 Å². The van der Waals surface area contributed by atoms with Gasteiger partial charge in [0.2, 0.25) is 0 Å². The molecule has 98 valence electrons. The van der Waals surface area contributed by atoms with E-state index in [0.717, 1.165) is 41.0 Å². The van der Waals surface area contributed by atoms with Crippen molar-refractivity contribution in [1.82, 2.24) is 0 Å². The van der Waals surface area contributed by atoms with Crippen LogP contribution in [0, 0.1) is 11.8 Å². The topological polar surface area (TPSA) is 29.5 Å². The molecule has 0 amide bonds. The normalized spacial score (nSPS) is 34.1. The summed E-state index contributed by atoms with van der Waals surface area (Å²) in [5.41, 5.74) is 0.817. The lowest BCUT2D eigenvalue weighted by Crippen LogP contribution is -2.53. The number of halogens is 1. The van der Waals surface area contributed by atoms with Gasteiger partial charge < -0.3 is 9.84 Å². The van der Waals surface area contributed by atoms with Crippen LogP contribution >= 0.6 is 15.9 Å². The highest BCUT2D eigenvalue weighted by Crippen LogP contribution is 2.53. The Morgan fingerprint density at radius 1 is 1.33 bits per heavy atom. The molecule has 1 aromatic carbocycles. The highest BCUT2D eigenvalue weighted by Gasteiger charge is 2.51. The minimum Gasteiger partial charge on any atom is -0.487 e. The Balaban J connectivity index is 1.83. The van der Waals surface area contributed by atoms with Gasteiger partial charge in [-0.25, -0.2) is 0 Å². The summed E-state index contributed by atoms with van der Waals surface area (Å²) in [5.74, 6) is 2.32. The largest absolute Gasteiger partial charge is 0.487 e. The molecule has 3 heteroatoms. The van der Waals surface area contributed by atoms with E-state index in [0.29, 0.717) is 5.92 Å². The molecule has 2 nitrogen and oxygen atoms in total. The Morgan fingerprint density at radius 2 is 2.06 bits per heavy atom. The number of fused-ring (bicyclic) bond motifs is 1. The van der Waals surface area contributed by atoms with Gasteiger partial charge in [-0.1, -0.05) is 29.8 Å². The number of rotatable bonds is 1. The zero-order valence-corrected chi connectivity index (χ0v) is 12.4. The number of aliphatic hydroxyl groups is 1. The van der Waals surface area contributed by atoms with Crippen LogP contribution in [0.5, 0.6) is 5.75 Å². The quantitative estimate of drug-likeness (QED) is 0.847. The van der Waals surface area contributed by atoms with Crippen LogP contribution in [0.4, 0.5) is 0 Å². The van der Waals surface area contributed by atoms with Gasteiger partial charge in [0.05, 0.1) is 6.10 Å². The van der Waals surface area contributed by atoms with E-state index < -0.39 is 0 Å². The van der Waals surface area contributed by atoms with Crippen LogP contribution in [0.3, 0.4) is 0 Å². The van der Waals surface area contributed by atoms with Crippen LogP contribution in [-0.4, -0.2) is 10.7 Å². The van der Waals surface area contributed by atoms with E-state index >= 15 is 0 Å². The number of ether oxygens (including phenoxy) is 1. The Hall–Kier alpha value is -0.540. The Bertz CT molecular complexity index is 464. The summed E-state index contributed by atoms with van der Waals surface area (Å²) < 4.78 is 7.17. The third kappa shape index (κ3) is 1.97. The van der Waals surface area contributed by atoms with Crippen LogP contribution in [0.1, 0.15) is 44.8 Å². The van der Waals surface area contributed by atoms with Gasteiger partial charge in [-0.2, -0.15) is 0 Å². The first-order valence-electron chi connectivity index (χ1n) is 6.66. The molecule has 1 aliphatic heterocycles. The van der Waals surface area contributed by atoms with Crippen molar-refractivity contribution in [2.45, 2.75) is 44.8 Å². The minimum atomic E-state index is -0.389. The van der Waals surface area contributed by atoms with E-state index in [1.54, 1.807) is 0 Å². The lowest BCUT2D eigenvalue weighted by Gasteiger charge is -2.52. The van der Waals surface area contributed by atoms with Crippen LogP contribution in [0.25, 0.3) is 0 Å². The molecule has 1 atom stereocenters. The molecule has 0 aromatic heterocycles. The van der Waals surface area contributed by atoms with Gasteiger partial charge in [-0.05, 0) is 42.9 Å². The van der Waals surface area contributed by atoms with Crippen molar-refractivity contribution in [2.75, 3.05) is 0 Å². The molecule has 1 aliphatic carbocycles. The predicted octanol–water partition coefficient (Wildman–Crippen LogP) is 4.07. The Morgan fingerprint density at radius 3 is 2.72 bits per heavy atom. The Labute approximate surface area is 116 Å². The third-order valence-corrected chi connectivity index (χ3v) is 4.93. The molecule has 1 unspecified atom stereocenters. The molecule has 0 radical (unpaired) electrons. The zero-order valence-electron chi connectivity index (χ0n) is 10.8. The molecule has 18 heavy (non-hydrogen) atoms. The van der Waals surface area contributed by atoms with Crippen molar-refractivity contribution in [2.24, 2.45) is 11.8 Å². The van der Waals surface area contributed by atoms with E-state index in [2.05, 4.69) is 29.8 Å². The molecule has 1 spiro atoms. The smallest absolute Gasteiger partial charge is 0.126 e. The molecular formula is C15H19BrO2. The summed E-state index contributed by atoms with van der Waals surface area (Å²) >= 11 is 3.44. The summed E-state index contributed by atoms with van der Waals surface area (Å²) in [4.78, 5) is 0. The van der Waals surface area contributed by atoms with E-state index in [1.807, 2.05) is 18.2 Å². The van der Waals surface area contributed by atoms with Crippen molar-refractivity contribution in [3.05, 3.63) is 28.2 Å². The molecule has 3 rings (SSSR count). The zero-order chi connectivity index (χ0) is 12.9. The van der Waals surface area contributed by atoms with Crippen molar-refractivity contribution in [3.8, 4) is 5.75 Å². The predicted molar refractivity (Wildman–Crippen MR) is 74.6 cm³/mol. The van der Waals surface area contributed by atoms with Gasteiger partial charge >= 0.3 is 0 Å². The SMILES string of the molecule is CC(C)C1CC2(CC(O)c3cc(Br)ccc3O2)C1. The average molecular weight is 311 g/mol. The standard InChI is InChI=1S/C15H19BrO2/c1-9(2)10-6-15(7-10)8-13(17)12-5-11(16)3-4-14(12)18-15/h3-5,9-10,13,17H,6-8H2,1-2H3. The first kappa shape index (κ1) is 12.5. The highest BCUT2D eigenvalue weighted by molar-refractivity contribution is 9.10. The molecule has 1 saturated carbocycles. The fourth-order valence-corrected chi connectivity index (χ4v) is 3.61. The molecular weight excluding hydrogens is 292 g/mol. The highest BCUT2D eigenvalue weighted by atomic mass is 79.9. The van der Waals surface area contributed by atoms with Gasteiger partial charge in [-0.15, -0.1) is 0 Å². The second kappa shape index (κ2) is 4.24. The van der Waals surface area contributed by atoms with Crippen molar-refractivity contribution < 1.29 is 9.84 Å². The summed E-state index contributed by atoms with van der Waals surface area (Å²) in [6.07, 6.45) is 2.51. The number of hydrogen-bond acceptors (Lipinski definition) is 2. The van der Waals surface area contributed by atoms with Crippen LogP contribution in [-0.2, 0) is 0 Å². The average Bonchev–Trinajstić information content (AvgIpc) is 2.26. The molecule has 1 fully saturated rings. The van der Waals surface area contributed by atoms with E-state index in [4.69, 9.17) is 4.74 Å². The minimum absolute atomic E-state index is 0.102. The fourth-order valence-electron chi connectivity index (χ4n) is 3.23. The summed E-state index contributed by atoms with van der Waals surface area (Å²) in [6, 6.07) is 5.90. The summed E-state index contributed by atoms with van der Waals surface area (Å²) in [6.45, 7) is 4.53. The molecule has 0 saturated heterocycles. The van der Waals surface area contributed by atoms with Gasteiger partial charge in [0.25, 0.3) is 0 Å². The van der Waals surface area contributed by atoms with E-state index in [1.165, 1.54) is 0 Å². The van der Waals surface area contributed by atoms with Crippen molar-refractivity contribution in [3.63, 3.8) is 0 Å². The number of hydrogen-bond donors (Lipinski definition) is 1. The van der Waals surface area contributed by atoms with E-state index in [9.17, 15) is 5.11 Å². The molecule has 2 aliphatic rings. The lowest BCUT2D eigenvalue weighted by atomic mass is 9.63. The van der Waals surface area contributed by atoms with Gasteiger partial charge in [0, 0.05) is 16.5 Å². The first-order chi connectivity index (χ1) is 8.49. The maximum absolute atomic E-state index is 10.3. The van der Waals surface area contributed by atoms with Crippen molar-refractivity contribution >= 4 is 15.9 Å². The van der Waals surface area contributed by atoms with Gasteiger partial charge in [-0.3, -0.25) is 0 Å². The number of aliphatic hydroxyl groups excluding tert-OH is 1. The van der Waals surface area contributed by atoms with Crippen LogP contribution < -0.4 is 4.74 Å². The van der Waals surface area contributed by atoms with Gasteiger partial charge in [0.15, 0.2) is 0 Å². The third-order valence-electron chi connectivity index (χ3n) is 4.43. The molecule has 0 bridgehead atoms. The maximum atomic E-state index is 10.3. The number of benzene rings is 1. The second-order valence-corrected chi connectivity index (χ2v) is 7.02. The van der Waals surface area contributed by atoms with Crippen LogP contribution in [0.15, 0.2) is 22.7 Å². The fraction of sp³-hybridized carbons (Fsp3) is 0.600. The van der Waals surface area contributed by atoms with Crippen molar-refractivity contribution in [1.29, 1.82) is 0 Å². The monoisotopic (exact) mass is 310 g/mol. The first-order valence-corrected chi connectivity index (χ1v) is 7.45. The maximum Gasteiger partial charge on any atom is 0.126 e. The molecule has 1 aromatic rings.